The molecule has 0 aliphatic heterocycles. The minimum atomic E-state index is -0.312. The number of nitrogens with zero attached hydrogens (tertiary/aromatic N) is 1. The van der Waals surface area contributed by atoms with Crippen molar-refractivity contribution in [2.45, 2.75) is 13.3 Å². The van der Waals surface area contributed by atoms with E-state index in [0.29, 0.717) is 16.4 Å². The van der Waals surface area contributed by atoms with E-state index in [0.717, 1.165) is 5.69 Å². The molecule has 0 saturated heterocycles. The van der Waals surface area contributed by atoms with Crippen molar-refractivity contribution in [3.8, 4) is 0 Å². The first-order valence-corrected chi connectivity index (χ1v) is 6.85. The Morgan fingerprint density at radius 1 is 1.30 bits per heavy atom. The lowest BCUT2D eigenvalue weighted by Crippen LogP contribution is -2.04. The summed E-state index contributed by atoms with van der Waals surface area (Å²) in [5.41, 5.74) is 2.18. The molecule has 2 aromatic rings. The summed E-state index contributed by atoms with van der Waals surface area (Å²) in [4.78, 5) is 26.6. The van der Waals surface area contributed by atoms with E-state index < -0.39 is 0 Å². The fraction of sp³-hybridized carbons (Fsp3) is 0.214. The number of esters is 1. The Morgan fingerprint density at radius 2 is 2.00 bits per heavy atom. The van der Waals surface area contributed by atoms with Gasteiger partial charge in [-0.2, -0.15) is 0 Å². The van der Waals surface area contributed by atoms with E-state index in [1.807, 2.05) is 17.5 Å². The molecule has 0 amide bonds. The van der Waals surface area contributed by atoms with Crippen LogP contribution in [-0.2, 0) is 16.0 Å². The largest absolute Gasteiger partial charge is 0.469 e. The Morgan fingerprint density at radius 3 is 2.60 bits per heavy atom. The maximum Gasteiger partial charge on any atom is 0.311 e. The molecule has 0 bridgehead atoms. The van der Waals surface area contributed by atoms with Gasteiger partial charge in [-0.05, 0) is 31.2 Å². The summed E-state index contributed by atoms with van der Waals surface area (Å²) in [5.74, 6) is -0.279. The van der Waals surface area contributed by atoms with Gasteiger partial charge in [0, 0.05) is 16.6 Å². The third kappa shape index (κ3) is 3.64. The highest BCUT2D eigenvalue weighted by molar-refractivity contribution is 7.13. The number of anilines is 2. The smallest absolute Gasteiger partial charge is 0.311 e. The second-order valence-corrected chi connectivity index (χ2v) is 5.01. The van der Waals surface area contributed by atoms with Gasteiger partial charge >= 0.3 is 5.97 Å². The van der Waals surface area contributed by atoms with Crippen molar-refractivity contribution >= 4 is 33.9 Å². The summed E-state index contributed by atoms with van der Waals surface area (Å²) < 4.78 is 4.59. The molecule has 104 valence electrons. The van der Waals surface area contributed by atoms with E-state index >= 15 is 0 Å². The fourth-order valence-electron chi connectivity index (χ4n) is 1.58. The summed E-state index contributed by atoms with van der Waals surface area (Å²) in [7, 11) is 1.35. The molecule has 0 saturated carbocycles. The number of thiazole rings is 1. The Labute approximate surface area is 120 Å². The van der Waals surface area contributed by atoms with Gasteiger partial charge in [-0.15, -0.1) is 11.3 Å². The lowest BCUT2D eigenvalue weighted by atomic mass is 10.1. The van der Waals surface area contributed by atoms with Gasteiger partial charge in [0.1, 0.15) is 0 Å². The van der Waals surface area contributed by atoms with E-state index in [2.05, 4.69) is 15.0 Å². The zero-order valence-electron chi connectivity index (χ0n) is 11.2. The zero-order valence-corrected chi connectivity index (χ0v) is 12.0. The molecule has 1 N–H and O–H groups in total. The number of nitrogens with one attached hydrogen (secondary N) is 1. The average molecular weight is 290 g/mol. The Kier molecular flexibility index (Phi) is 4.47. The molecule has 0 unspecified atom stereocenters. The molecule has 20 heavy (non-hydrogen) atoms. The van der Waals surface area contributed by atoms with Crippen molar-refractivity contribution in [3.05, 3.63) is 40.9 Å². The number of carbonyl (C=O) groups is 2. The molecule has 0 fully saturated rings. The number of carbonyl (C=O) groups excluding carboxylic acids is 2. The highest BCUT2D eigenvalue weighted by atomic mass is 32.1. The maximum absolute atomic E-state index is 11.2. The summed E-state index contributed by atoms with van der Waals surface area (Å²) in [5, 5.41) is 5.63. The number of rotatable bonds is 5. The number of hydrogen-bond acceptors (Lipinski definition) is 6. The molecule has 0 aliphatic carbocycles. The van der Waals surface area contributed by atoms with Gasteiger partial charge in [0.05, 0.1) is 19.2 Å². The number of Topliss-reactive ketones (excluding diaryl/α,β-unsaturated/α-hetero) is 1. The first-order chi connectivity index (χ1) is 9.58. The van der Waals surface area contributed by atoms with Crippen LogP contribution >= 0.6 is 11.3 Å². The van der Waals surface area contributed by atoms with Crippen LogP contribution in [0.15, 0.2) is 29.6 Å². The topological polar surface area (TPSA) is 68.3 Å². The van der Waals surface area contributed by atoms with Gasteiger partial charge < -0.3 is 10.1 Å². The summed E-state index contributed by atoms with van der Waals surface area (Å²) in [6.07, 6.45) is 0.165. The van der Waals surface area contributed by atoms with Gasteiger partial charge in [-0.3, -0.25) is 9.59 Å². The molecule has 1 heterocycles. The molecule has 0 spiro atoms. The third-order valence-corrected chi connectivity index (χ3v) is 3.45. The lowest BCUT2D eigenvalue weighted by molar-refractivity contribution is -0.139. The van der Waals surface area contributed by atoms with Crippen molar-refractivity contribution in [1.29, 1.82) is 0 Å². The normalized spacial score (nSPS) is 10.1. The van der Waals surface area contributed by atoms with Gasteiger partial charge in [-0.25, -0.2) is 4.98 Å². The van der Waals surface area contributed by atoms with E-state index in [1.54, 1.807) is 12.1 Å². The second-order valence-electron chi connectivity index (χ2n) is 4.16. The number of aromatic nitrogens is 1. The Hall–Kier alpha value is -2.21. The van der Waals surface area contributed by atoms with Crippen LogP contribution in [0.3, 0.4) is 0 Å². The number of benzene rings is 1. The van der Waals surface area contributed by atoms with Crippen LogP contribution in [0.4, 0.5) is 10.8 Å². The van der Waals surface area contributed by atoms with E-state index in [4.69, 9.17) is 0 Å². The molecule has 5 nitrogen and oxygen atoms in total. The Bertz CT molecular complexity index is 620. The van der Waals surface area contributed by atoms with Crippen molar-refractivity contribution in [2.75, 3.05) is 12.4 Å². The Balaban J connectivity index is 2.03. The molecule has 1 aromatic heterocycles. The fourth-order valence-corrected chi connectivity index (χ4v) is 2.31. The van der Waals surface area contributed by atoms with Gasteiger partial charge in [0.25, 0.3) is 0 Å². The summed E-state index contributed by atoms with van der Waals surface area (Å²) in [6, 6.07) is 7.15. The van der Waals surface area contributed by atoms with Crippen LogP contribution in [0, 0.1) is 0 Å². The predicted octanol–water partition coefficient (Wildman–Crippen LogP) is 2.80. The van der Waals surface area contributed by atoms with Gasteiger partial charge in [-0.1, -0.05) is 0 Å². The number of ketones is 1. The van der Waals surface area contributed by atoms with Crippen LogP contribution < -0.4 is 5.32 Å². The minimum absolute atomic E-state index is 0.0335. The molecule has 0 aliphatic rings. The minimum Gasteiger partial charge on any atom is -0.469 e. The molecular weight excluding hydrogens is 276 g/mol. The van der Waals surface area contributed by atoms with Crippen LogP contribution in [0.25, 0.3) is 0 Å². The van der Waals surface area contributed by atoms with Crippen LogP contribution in [-0.4, -0.2) is 23.8 Å². The maximum atomic E-state index is 11.2. The van der Waals surface area contributed by atoms with Crippen molar-refractivity contribution in [1.82, 2.24) is 4.98 Å². The molecule has 2 rings (SSSR count). The van der Waals surface area contributed by atoms with Crippen LogP contribution in [0.1, 0.15) is 23.0 Å². The first kappa shape index (κ1) is 14.2. The number of ether oxygens (including phenoxy) is 1. The van der Waals surface area contributed by atoms with E-state index in [9.17, 15) is 9.59 Å². The summed E-state index contributed by atoms with van der Waals surface area (Å²) in [6.45, 7) is 1.53. The molecular formula is C14H14N2O3S. The van der Waals surface area contributed by atoms with Crippen molar-refractivity contribution in [2.24, 2.45) is 0 Å². The van der Waals surface area contributed by atoms with E-state index in [-0.39, 0.29) is 18.2 Å². The SMILES string of the molecule is COC(=O)Cc1csc(Nc2ccc(C(C)=O)cc2)n1. The monoisotopic (exact) mass is 290 g/mol. The molecule has 6 heteroatoms. The summed E-state index contributed by atoms with van der Waals surface area (Å²) >= 11 is 1.41. The quantitative estimate of drug-likeness (QED) is 0.677. The van der Waals surface area contributed by atoms with Crippen molar-refractivity contribution < 1.29 is 14.3 Å². The lowest BCUT2D eigenvalue weighted by Gasteiger charge is -2.03. The van der Waals surface area contributed by atoms with Crippen LogP contribution in [0.5, 0.6) is 0 Å². The zero-order chi connectivity index (χ0) is 14.5. The highest BCUT2D eigenvalue weighted by Crippen LogP contribution is 2.21. The van der Waals surface area contributed by atoms with Gasteiger partial charge in [0.15, 0.2) is 10.9 Å². The molecule has 1 aromatic carbocycles. The van der Waals surface area contributed by atoms with Crippen LogP contribution in [0.2, 0.25) is 0 Å². The predicted molar refractivity (Wildman–Crippen MR) is 77.6 cm³/mol. The standard InChI is InChI=1S/C14H14N2O3S/c1-9(17)10-3-5-11(6-4-10)15-14-16-12(8-20-14)7-13(18)19-2/h3-6,8H,7H2,1-2H3,(H,15,16). The number of hydrogen-bond donors (Lipinski definition) is 1. The average Bonchev–Trinajstić information content (AvgIpc) is 2.86. The molecule has 0 radical (unpaired) electrons. The number of methoxy groups -OCH3 is 1. The van der Waals surface area contributed by atoms with E-state index in [1.165, 1.54) is 25.4 Å². The first-order valence-electron chi connectivity index (χ1n) is 5.97. The second kappa shape index (κ2) is 6.29. The highest BCUT2D eigenvalue weighted by Gasteiger charge is 2.08. The van der Waals surface area contributed by atoms with Crippen molar-refractivity contribution in [3.63, 3.8) is 0 Å². The van der Waals surface area contributed by atoms with Gasteiger partial charge in [0.2, 0.25) is 0 Å². The molecule has 0 atom stereocenters. The third-order valence-electron chi connectivity index (χ3n) is 2.65.